The van der Waals surface area contributed by atoms with Gasteiger partial charge in [0.05, 0.1) is 0 Å². The molecule has 0 heterocycles. The third-order valence-electron chi connectivity index (χ3n) is 8.65. The molecule has 4 aliphatic carbocycles. The monoisotopic (exact) mass is 378 g/mol. The highest BCUT2D eigenvalue weighted by atomic mass is 16.1. The molecule has 4 rings (SSSR count). The van der Waals surface area contributed by atoms with Gasteiger partial charge in [-0.05, 0) is 90.2 Å². The molecule has 0 radical (unpaired) electrons. The standard InChI is InChI=1S/C27H38O/c1-18(2)7-6-8-19(3)23-11-12-24-22-10-9-20-17-21(28)13-15-26(20,4)25(22)14-16-27(23,24)5/h6,8-10,17-19,23,25H,7,11-16H2,1-5H3/b8-6+/t19?,23?,25?,26-,27+/m0/s1. The maximum atomic E-state index is 12.0. The number of fused-ring (bicyclic) bond motifs is 4. The van der Waals surface area contributed by atoms with Crippen LogP contribution in [-0.2, 0) is 4.79 Å². The molecular formula is C27H38O. The Morgan fingerprint density at radius 3 is 2.61 bits per heavy atom. The molecule has 0 aromatic carbocycles. The summed E-state index contributed by atoms with van der Waals surface area (Å²) < 4.78 is 0. The second-order valence-corrected chi connectivity index (χ2v) is 10.8. The van der Waals surface area contributed by atoms with Crippen molar-refractivity contribution in [2.45, 2.75) is 79.6 Å². The van der Waals surface area contributed by atoms with Crippen molar-refractivity contribution in [1.29, 1.82) is 0 Å². The lowest BCUT2D eigenvalue weighted by Gasteiger charge is -2.51. The van der Waals surface area contributed by atoms with Gasteiger partial charge in [-0.25, -0.2) is 0 Å². The number of hydrogen-bond donors (Lipinski definition) is 0. The average Bonchev–Trinajstić information content (AvgIpc) is 2.99. The quantitative estimate of drug-likeness (QED) is 0.472. The molecule has 0 spiro atoms. The van der Waals surface area contributed by atoms with Crippen LogP contribution < -0.4 is 0 Å². The molecule has 28 heavy (non-hydrogen) atoms. The first-order valence-corrected chi connectivity index (χ1v) is 11.6. The van der Waals surface area contributed by atoms with E-state index in [2.05, 4.69) is 58.9 Å². The Hall–Kier alpha value is -1.37. The summed E-state index contributed by atoms with van der Waals surface area (Å²) in [6.45, 7) is 12.0. The number of allylic oxidation sites excluding steroid dienone is 8. The third kappa shape index (κ3) is 3.10. The van der Waals surface area contributed by atoms with Gasteiger partial charge < -0.3 is 0 Å². The highest BCUT2D eigenvalue weighted by Crippen LogP contribution is 2.63. The van der Waals surface area contributed by atoms with Crippen LogP contribution in [-0.4, -0.2) is 5.78 Å². The van der Waals surface area contributed by atoms with E-state index in [1.54, 1.807) is 11.1 Å². The molecule has 0 aliphatic heterocycles. The van der Waals surface area contributed by atoms with Crippen molar-refractivity contribution >= 4 is 5.78 Å². The number of hydrogen-bond acceptors (Lipinski definition) is 1. The summed E-state index contributed by atoms with van der Waals surface area (Å²) in [4.78, 5) is 12.0. The molecule has 1 nitrogen and oxygen atoms in total. The summed E-state index contributed by atoms with van der Waals surface area (Å²) in [5.41, 5.74) is 5.23. The van der Waals surface area contributed by atoms with Crippen LogP contribution in [0.2, 0.25) is 0 Å². The summed E-state index contributed by atoms with van der Waals surface area (Å²) in [5, 5.41) is 0. The second-order valence-electron chi connectivity index (χ2n) is 10.8. The smallest absolute Gasteiger partial charge is 0.156 e. The first-order chi connectivity index (χ1) is 13.3. The van der Waals surface area contributed by atoms with E-state index in [9.17, 15) is 4.79 Å². The van der Waals surface area contributed by atoms with Gasteiger partial charge in [0.15, 0.2) is 5.78 Å². The molecule has 1 fully saturated rings. The van der Waals surface area contributed by atoms with Crippen molar-refractivity contribution in [3.05, 3.63) is 47.1 Å². The highest BCUT2D eigenvalue weighted by Gasteiger charge is 2.53. The predicted octanol–water partition coefficient (Wildman–Crippen LogP) is 7.21. The minimum absolute atomic E-state index is 0.174. The first-order valence-electron chi connectivity index (χ1n) is 11.6. The zero-order chi connectivity index (χ0) is 20.1. The molecule has 4 aliphatic rings. The topological polar surface area (TPSA) is 17.1 Å². The van der Waals surface area contributed by atoms with Crippen molar-refractivity contribution in [3.63, 3.8) is 0 Å². The third-order valence-corrected chi connectivity index (χ3v) is 8.65. The van der Waals surface area contributed by atoms with Gasteiger partial charge >= 0.3 is 0 Å². The summed E-state index contributed by atoms with van der Waals surface area (Å²) in [5.74, 6) is 3.10. The van der Waals surface area contributed by atoms with Gasteiger partial charge in [-0.15, -0.1) is 0 Å². The summed E-state index contributed by atoms with van der Waals surface area (Å²) in [7, 11) is 0. The average molecular weight is 379 g/mol. The molecule has 0 bridgehead atoms. The maximum Gasteiger partial charge on any atom is 0.156 e. The molecule has 5 atom stereocenters. The second kappa shape index (κ2) is 7.15. The van der Waals surface area contributed by atoms with Gasteiger partial charge in [0.1, 0.15) is 0 Å². The van der Waals surface area contributed by atoms with Crippen molar-refractivity contribution in [3.8, 4) is 0 Å². The fourth-order valence-electron chi connectivity index (χ4n) is 6.90. The molecular weight excluding hydrogens is 340 g/mol. The van der Waals surface area contributed by atoms with Gasteiger partial charge in [0.2, 0.25) is 0 Å². The number of carbonyl (C=O) groups excluding carboxylic acids is 1. The van der Waals surface area contributed by atoms with E-state index in [1.807, 2.05) is 6.08 Å². The van der Waals surface area contributed by atoms with Gasteiger partial charge in [0, 0.05) is 6.42 Å². The van der Waals surface area contributed by atoms with Crippen LogP contribution in [0.4, 0.5) is 0 Å². The van der Waals surface area contributed by atoms with E-state index in [0.29, 0.717) is 23.0 Å². The van der Waals surface area contributed by atoms with Crippen LogP contribution >= 0.6 is 0 Å². The Labute approximate surface area is 172 Å². The maximum absolute atomic E-state index is 12.0. The molecule has 0 N–H and O–H groups in total. The lowest BCUT2D eigenvalue weighted by Crippen LogP contribution is -2.41. The Morgan fingerprint density at radius 2 is 1.86 bits per heavy atom. The van der Waals surface area contributed by atoms with Crippen molar-refractivity contribution in [2.24, 2.45) is 34.5 Å². The van der Waals surface area contributed by atoms with E-state index in [1.165, 1.54) is 37.7 Å². The van der Waals surface area contributed by atoms with E-state index < -0.39 is 0 Å². The fourth-order valence-corrected chi connectivity index (χ4v) is 6.90. The van der Waals surface area contributed by atoms with Gasteiger partial charge in [-0.1, -0.05) is 64.5 Å². The van der Waals surface area contributed by atoms with Crippen LogP contribution in [0.3, 0.4) is 0 Å². The Kier molecular flexibility index (Phi) is 5.09. The number of rotatable bonds is 4. The molecule has 0 aromatic rings. The van der Waals surface area contributed by atoms with Crippen LogP contribution in [0.25, 0.3) is 0 Å². The number of carbonyl (C=O) groups is 1. The van der Waals surface area contributed by atoms with Crippen LogP contribution in [0.1, 0.15) is 79.6 Å². The zero-order valence-corrected chi connectivity index (χ0v) is 18.6. The predicted molar refractivity (Wildman–Crippen MR) is 118 cm³/mol. The summed E-state index contributed by atoms with van der Waals surface area (Å²) in [6, 6.07) is 0. The SMILES string of the molecule is CC(C)C/C=C/C(C)C1CCC2=C3C=CC4=CC(=O)CC[C@]4(C)C3CC[C@@]21C. The van der Waals surface area contributed by atoms with Crippen LogP contribution in [0.5, 0.6) is 0 Å². The zero-order valence-electron chi connectivity index (χ0n) is 18.6. The lowest BCUT2D eigenvalue weighted by molar-refractivity contribution is -0.116. The number of ketones is 1. The molecule has 0 amide bonds. The lowest BCUT2D eigenvalue weighted by atomic mass is 9.53. The van der Waals surface area contributed by atoms with Crippen LogP contribution in [0.15, 0.2) is 47.1 Å². The minimum Gasteiger partial charge on any atom is -0.295 e. The van der Waals surface area contributed by atoms with E-state index in [-0.39, 0.29) is 5.41 Å². The normalized spacial score (nSPS) is 38.5. The minimum atomic E-state index is 0.174. The van der Waals surface area contributed by atoms with E-state index >= 15 is 0 Å². The Balaban J connectivity index is 1.65. The highest BCUT2D eigenvalue weighted by molar-refractivity contribution is 5.92. The van der Waals surface area contributed by atoms with Crippen molar-refractivity contribution in [2.75, 3.05) is 0 Å². The molecule has 0 aromatic heterocycles. The molecule has 1 saturated carbocycles. The molecule has 1 heteroatoms. The molecule has 3 unspecified atom stereocenters. The molecule has 152 valence electrons. The van der Waals surface area contributed by atoms with E-state index in [4.69, 9.17) is 0 Å². The molecule has 0 saturated heterocycles. The summed E-state index contributed by atoms with van der Waals surface area (Å²) >= 11 is 0. The Morgan fingerprint density at radius 1 is 1.07 bits per heavy atom. The van der Waals surface area contributed by atoms with Crippen LogP contribution in [0, 0.1) is 34.5 Å². The largest absolute Gasteiger partial charge is 0.295 e. The van der Waals surface area contributed by atoms with Crippen molar-refractivity contribution < 1.29 is 4.79 Å². The first kappa shape index (κ1) is 19.9. The van der Waals surface area contributed by atoms with Gasteiger partial charge in [0.25, 0.3) is 0 Å². The van der Waals surface area contributed by atoms with E-state index in [0.717, 1.165) is 24.7 Å². The van der Waals surface area contributed by atoms with Gasteiger partial charge in [-0.3, -0.25) is 4.79 Å². The van der Waals surface area contributed by atoms with Crippen molar-refractivity contribution in [1.82, 2.24) is 0 Å². The van der Waals surface area contributed by atoms with Gasteiger partial charge in [-0.2, -0.15) is 0 Å². The summed E-state index contributed by atoms with van der Waals surface area (Å²) in [6.07, 6.45) is 19.7. The fraction of sp³-hybridized carbons (Fsp3) is 0.667. The Bertz CT molecular complexity index is 776.